The van der Waals surface area contributed by atoms with E-state index in [1.807, 2.05) is 35.2 Å². The number of anilines is 1. The number of nitrogen functional groups attached to an aromatic ring is 1. The second kappa shape index (κ2) is 9.98. The summed E-state index contributed by atoms with van der Waals surface area (Å²) >= 11 is 7.58. The minimum Gasteiger partial charge on any atom is -0.383 e. The van der Waals surface area contributed by atoms with E-state index in [0.717, 1.165) is 45.2 Å². The fraction of sp³-hybridized carbons (Fsp3) is 0.375. The van der Waals surface area contributed by atoms with Crippen LogP contribution in [0.5, 0.6) is 0 Å². The SMILES string of the molecule is CC(C)CC1C(=O)N(Cc2ccc3c(N)ncnc3c2)CCN1C/C=C/c1ccc(Cl)s1. The van der Waals surface area contributed by atoms with Crippen LogP contribution in [0.1, 0.15) is 30.7 Å². The highest BCUT2D eigenvalue weighted by molar-refractivity contribution is 7.16. The molecule has 1 aromatic carbocycles. The van der Waals surface area contributed by atoms with Gasteiger partial charge in [-0.1, -0.05) is 37.6 Å². The lowest BCUT2D eigenvalue weighted by atomic mass is 9.98. The Morgan fingerprint density at radius 1 is 1.25 bits per heavy atom. The molecule has 1 atom stereocenters. The molecule has 1 fully saturated rings. The molecule has 4 rings (SSSR count). The van der Waals surface area contributed by atoms with E-state index in [0.29, 0.717) is 24.8 Å². The molecule has 0 spiro atoms. The molecular weight excluding hydrogens is 442 g/mol. The van der Waals surface area contributed by atoms with E-state index in [-0.39, 0.29) is 11.9 Å². The third kappa shape index (κ3) is 5.28. The van der Waals surface area contributed by atoms with Crippen molar-refractivity contribution in [3.63, 3.8) is 0 Å². The van der Waals surface area contributed by atoms with Crippen LogP contribution in [0.15, 0.2) is 42.7 Å². The quantitative estimate of drug-likeness (QED) is 0.542. The summed E-state index contributed by atoms with van der Waals surface area (Å²) < 4.78 is 0.786. The molecule has 0 radical (unpaired) electrons. The van der Waals surface area contributed by atoms with Gasteiger partial charge < -0.3 is 10.6 Å². The molecule has 3 aromatic rings. The molecular formula is C24H28ClN5OS. The zero-order chi connectivity index (χ0) is 22.7. The predicted octanol–water partition coefficient (Wildman–Crippen LogP) is 4.70. The van der Waals surface area contributed by atoms with Gasteiger partial charge in [-0.25, -0.2) is 9.97 Å². The smallest absolute Gasteiger partial charge is 0.240 e. The standard InChI is InChI=1S/C24H28ClN5OS/c1-16(2)12-21-24(31)30(11-10-29(21)9-3-4-18-6-8-22(25)32-18)14-17-5-7-19-20(13-17)27-15-28-23(19)26/h3-8,13,15-16,21H,9-12,14H2,1-2H3,(H2,26,27,28)/b4-3+. The van der Waals surface area contributed by atoms with Gasteiger partial charge in [0.05, 0.1) is 15.9 Å². The first-order valence-electron chi connectivity index (χ1n) is 10.8. The Labute approximate surface area is 197 Å². The molecule has 1 aliphatic heterocycles. The first kappa shape index (κ1) is 22.7. The van der Waals surface area contributed by atoms with Crippen molar-refractivity contribution in [1.29, 1.82) is 0 Å². The van der Waals surface area contributed by atoms with Crippen LogP contribution >= 0.6 is 22.9 Å². The van der Waals surface area contributed by atoms with Crippen LogP contribution < -0.4 is 5.73 Å². The maximum atomic E-state index is 13.4. The molecule has 2 aromatic heterocycles. The number of carbonyl (C=O) groups is 1. The van der Waals surface area contributed by atoms with E-state index in [4.69, 9.17) is 17.3 Å². The average molecular weight is 470 g/mol. The molecule has 8 heteroatoms. The summed E-state index contributed by atoms with van der Waals surface area (Å²) in [6.07, 6.45) is 6.53. The summed E-state index contributed by atoms with van der Waals surface area (Å²) in [6.45, 7) is 7.21. The molecule has 168 valence electrons. The third-order valence-electron chi connectivity index (χ3n) is 5.71. The van der Waals surface area contributed by atoms with Gasteiger partial charge in [0.2, 0.25) is 5.91 Å². The maximum absolute atomic E-state index is 13.4. The third-order valence-corrected chi connectivity index (χ3v) is 6.91. The Morgan fingerprint density at radius 2 is 2.09 bits per heavy atom. The van der Waals surface area contributed by atoms with E-state index >= 15 is 0 Å². The molecule has 32 heavy (non-hydrogen) atoms. The van der Waals surface area contributed by atoms with Crippen LogP contribution in [0.2, 0.25) is 4.34 Å². The zero-order valence-electron chi connectivity index (χ0n) is 18.4. The number of carbonyl (C=O) groups excluding carboxylic acids is 1. The van der Waals surface area contributed by atoms with E-state index in [1.165, 1.54) is 6.33 Å². The molecule has 0 bridgehead atoms. The minimum absolute atomic E-state index is 0.112. The predicted molar refractivity (Wildman–Crippen MR) is 133 cm³/mol. The van der Waals surface area contributed by atoms with Gasteiger partial charge in [0.25, 0.3) is 0 Å². The summed E-state index contributed by atoms with van der Waals surface area (Å²) in [5.41, 5.74) is 7.79. The topological polar surface area (TPSA) is 75.3 Å². The number of piperazine rings is 1. The lowest BCUT2D eigenvalue weighted by Gasteiger charge is -2.41. The minimum atomic E-state index is -0.112. The summed E-state index contributed by atoms with van der Waals surface area (Å²) in [7, 11) is 0. The number of nitrogens with zero attached hydrogens (tertiary/aromatic N) is 4. The van der Waals surface area contributed by atoms with E-state index in [9.17, 15) is 4.79 Å². The van der Waals surface area contributed by atoms with Crippen molar-refractivity contribution in [2.75, 3.05) is 25.4 Å². The average Bonchev–Trinajstić information content (AvgIpc) is 3.17. The van der Waals surface area contributed by atoms with Crippen molar-refractivity contribution in [2.24, 2.45) is 5.92 Å². The molecule has 0 saturated carbocycles. The zero-order valence-corrected chi connectivity index (χ0v) is 19.9. The highest BCUT2D eigenvalue weighted by Gasteiger charge is 2.34. The Morgan fingerprint density at radius 3 is 2.84 bits per heavy atom. The summed E-state index contributed by atoms with van der Waals surface area (Å²) in [6, 6.07) is 9.75. The van der Waals surface area contributed by atoms with Gasteiger partial charge in [-0.3, -0.25) is 9.69 Å². The van der Waals surface area contributed by atoms with Crippen molar-refractivity contribution >= 4 is 51.6 Å². The number of benzene rings is 1. The molecule has 0 aliphatic carbocycles. The van der Waals surface area contributed by atoms with Gasteiger partial charge in [0.15, 0.2) is 0 Å². The lowest BCUT2D eigenvalue weighted by Crippen LogP contribution is -2.56. The van der Waals surface area contributed by atoms with Crippen molar-refractivity contribution in [3.8, 4) is 0 Å². The maximum Gasteiger partial charge on any atom is 0.240 e. The fourth-order valence-electron chi connectivity index (χ4n) is 4.12. The number of thiophene rings is 1. The number of rotatable bonds is 7. The van der Waals surface area contributed by atoms with Gasteiger partial charge >= 0.3 is 0 Å². The van der Waals surface area contributed by atoms with Gasteiger partial charge in [0.1, 0.15) is 12.1 Å². The largest absolute Gasteiger partial charge is 0.383 e. The number of aromatic nitrogens is 2. The number of nitrogens with two attached hydrogens (primary N) is 1. The number of fused-ring (bicyclic) bond motifs is 1. The van der Waals surface area contributed by atoms with Gasteiger partial charge in [-0.2, -0.15) is 0 Å². The molecule has 1 amide bonds. The number of hydrogen-bond donors (Lipinski definition) is 1. The fourth-order valence-corrected chi connectivity index (χ4v) is 5.11. The van der Waals surface area contributed by atoms with E-state index in [2.05, 4.69) is 40.9 Å². The Balaban J connectivity index is 1.46. The van der Waals surface area contributed by atoms with Crippen LogP contribution in [-0.4, -0.2) is 51.4 Å². The Hall–Kier alpha value is -2.48. The Bertz CT molecular complexity index is 1130. The molecule has 1 aliphatic rings. The molecule has 1 saturated heterocycles. The normalized spacial score (nSPS) is 17.8. The van der Waals surface area contributed by atoms with E-state index < -0.39 is 0 Å². The second-order valence-corrected chi connectivity index (χ2v) is 10.3. The molecule has 2 N–H and O–H groups in total. The molecule has 1 unspecified atom stereocenters. The van der Waals surface area contributed by atoms with Crippen molar-refractivity contribution in [2.45, 2.75) is 32.9 Å². The first-order chi connectivity index (χ1) is 15.4. The lowest BCUT2D eigenvalue weighted by molar-refractivity contribution is -0.142. The highest BCUT2D eigenvalue weighted by atomic mass is 35.5. The summed E-state index contributed by atoms with van der Waals surface area (Å²) in [5, 5.41) is 0.837. The molecule has 3 heterocycles. The Kier molecular flexibility index (Phi) is 7.08. The molecule has 6 nitrogen and oxygen atoms in total. The summed E-state index contributed by atoms with van der Waals surface area (Å²) in [5.74, 6) is 1.10. The summed E-state index contributed by atoms with van der Waals surface area (Å²) in [4.78, 5) is 27.2. The van der Waals surface area contributed by atoms with Crippen LogP contribution in [-0.2, 0) is 11.3 Å². The number of amides is 1. The van der Waals surface area contributed by atoms with E-state index in [1.54, 1.807) is 11.3 Å². The van der Waals surface area contributed by atoms with Gasteiger partial charge in [0, 0.05) is 36.4 Å². The second-order valence-electron chi connectivity index (χ2n) is 8.55. The van der Waals surface area contributed by atoms with Crippen molar-refractivity contribution < 1.29 is 4.79 Å². The van der Waals surface area contributed by atoms with Crippen LogP contribution in [0.4, 0.5) is 5.82 Å². The van der Waals surface area contributed by atoms with Crippen LogP contribution in [0.25, 0.3) is 17.0 Å². The first-order valence-corrected chi connectivity index (χ1v) is 12.0. The van der Waals surface area contributed by atoms with Crippen LogP contribution in [0.3, 0.4) is 0 Å². The monoisotopic (exact) mass is 469 g/mol. The number of halogens is 1. The van der Waals surface area contributed by atoms with Crippen molar-refractivity contribution in [3.05, 3.63) is 57.5 Å². The highest BCUT2D eigenvalue weighted by Crippen LogP contribution is 2.24. The van der Waals surface area contributed by atoms with Gasteiger partial charge in [-0.15, -0.1) is 11.3 Å². The van der Waals surface area contributed by atoms with Crippen LogP contribution in [0, 0.1) is 5.92 Å². The van der Waals surface area contributed by atoms with Crippen molar-refractivity contribution in [1.82, 2.24) is 19.8 Å². The number of hydrogen-bond acceptors (Lipinski definition) is 6. The van der Waals surface area contributed by atoms with Gasteiger partial charge in [-0.05, 0) is 48.2 Å².